The Balaban J connectivity index is 2.27. The largest absolute Gasteiger partial charge is 0.386 e. The molecule has 2 heterocycles. The first-order valence-electron chi connectivity index (χ1n) is 6.90. The van der Waals surface area contributed by atoms with Crippen molar-refractivity contribution in [2.45, 2.75) is 46.3 Å². The van der Waals surface area contributed by atoms with Crippen LogP contribution in [0.5, 0.6) is 0 Å². The van der Waals surface area contributed by atoms with Crippen LogP contribution in [0.25, 0.3) is 0 Å². The van der Waals surface area contributed by atoms with Crippen LogP contribution in [0.1, 0.15) is 42.7 Å². The third kappa shape index (κ3) is 2.74. The molecule has 0 aromatic carbocycles. The number of aliphatic hydroxyl groups is 1. The van der Waals surface area contributed by atoms with Gasteiger partial charge in [0.05, 0.1) is 27.8 Å². The lowest BCUT2D eigenvalue weighted by Gasteiger charge is -2.12. The third-order valence-electron chi connectivity index (χ3n) is 3.46. The van der Waals surface area contributed by atoms with E-state index in [-0.39, 0.29) is 0 Å². The van der Waals surface area contributed by atoms with Crippen LogP contribution < -0.4 is 0 Å². The molecule has 0 fully saturated rings. The maximum atomic E-state index is 10.5. The van der Waals surface area contributed by atoms with E-state index in [0.717, 1.165) is 35.7 Å². The van der Waals surface area contributed by atoms with Gasteiger partial charge in [-0.2, -0.15) is 10.2 Å². The molecule has 2 aromatic heterocycles. The van der Waals surface area contributed by atoms with Gasteiger partial charge in [-0.15, -0.1) is 0 Å². The van der Waals surface area contributed by atoms with Crippen LogP contribution in [-0.4, -0.2) is 24.7 Å². The molecule has 0 aliphatic heterocycles. The molecule has 2 aromatic rings. The summed E-state index contributed by atoms with van der Waals surface area (Å²) in [6, 6.07) is 1.92. The van der Waals surface area contributed by atoms with Crippen molar-refractivity contribution in [2.24, 2.45) is 7.05 Å². The lowest BCUT2D eigenvalue weighted by molar-refractivity contribution is 0.164. The molecule has 0 saturated heterocycles. The number of aryl methyl sites for hydroxylation is 4. The number of aromatic nitrogens is 4. The van der Waals surface area contributed by atoms with Crippen LogP contribution in [-0.2, 0) is 26.4 Å². The molecule has 1 N–H and O–H groups in total. The zero-order valence-corrected chi connectivity index (χ0v) is 13.1. The lowest BCUT2D eigenvalue weighted by atomic mass is 10.1. The highest BCUT2D eigenvalue weighted by atomic mass is 35.5. The number of rotatable bonds is 5. The number of nitrogens with zero attached hydrogens (tertiary/aromatic N) is 4. The van der Waals surface area contributed by atoms with Crippen molar-refractivity contribution < 1.29 is 5.11 Å². The number of hydrogen-bond donors (Lipinski definition) is 1. The standard InChI is InChI=1S/C14H21ClN4O/c1-5-10-14(15)12(18(4)17-10)8-13(20)11-7-9(3)16-19(11)6-2/h7,13,20H,5-6,8H2,1-4H3. The van der Waals surface area contributed by atoms with Gasteiger partial charge in [0, 0.05) is 20.0 Å². The summed E-state index contributed by atoms with van der Waals surface area (Å²) in [5.74, 6) is 0. The summed E-state index contributed by atoms with van der Waals surface area (Å²) < 4.78 is 3.58. The molecule has 0 bridgehead atoms. The normalized spacial score (nSPS) is 12.9. The van der Waals surface area contributed by atoms with Gasteiger partial charge < -0.3 is 5.11 Å². The summed E-state index contributed by atoms with van der Waals surface area (Å²) in [7, 11) is 1.86. The predicted octanol–water partition coefficient (Wildman–Crippen LogP) is 2.44. The van der Waals surface area contributed by atoms with Crippen LogP contribution in [0.15, 0.2) is 6.07 Å². The topological polar surface area (TPSA) is 55.9 Å². The van der Waals surface area contributed by atoms with E-state index >= 15 is 0 Å². The first-order chi connectivity index (χ1) is 9.47. The van der Waals surface area contributed by atoms with E-state index in [4.69, 9.17) is 11.6 Å². The molecular formula is C14H21ClN4O. The van der Waals surface area contributed by atoms with E-state index in [1.807, 2.05) is 38.6 Å². The SMILES string of the molecule is CCc1nn(C)c(CC(O)c2cc(C)nn2CC)c1Cl. The van der Waals surface area contributed by atoms with Crippen molar-refractivity contribution in [3.63, 3.8) is 0 Å². The van der Waals surface area contributed by atoms with Crippen molar-refractivity contribution in [2.75, 3.05) is 0 Å². The minimum atomic E-state index is -0.631. The second-order valence-corrected chi connectivity index (χ2v) is 5.31. The van der Waals surface area contributed by atoms with Crippen LogP contribution in [0.4, 0.5) is 0 Å². The first kappa shape index (κ1) is 15.1. The Morgan fingerprint density at radius 2 is 2.05 bits per heavy atom. The highest BCUT2D eigenvalue weighted by Crippen LogP contribution is 2.26. The van der Waals surface area contributed by atoms with Gasteiger partial charge >= 0.3 is 0 Å². The van der Waals surface area contributed by atoms with Crippen molar-refractivity contribution in [1.82, 2.24) is 19.6 Å². The van der Waals surface area contributed by atoms with Crippen molar-refractivity contribution >= 4 is 11.6 Å². The molecule has 0 spiro atoms. The second-order valence-electron chi connectivity index (χ2n) is 4.93. The van der Waals surface area contributed by atoms with Crippen LogP contribution in [0.3, 0.4) is 0 Å². The summed E-state index contributed by atoms with van der Waals surface area (Å²) in [6.45, 7) is 6.69. The number of halogens is 1. The van der Waals surface area contributed by atoms with Gasteiger partial charge in [0.1, 0.15) is 6.10 Å². The minimum absolute atomic E-state index is 0.438. The summed E-state index contributed by atoms with van der Waals surface area (Å²) in [5, 5.41) is 19.9. The van der Waals surface area contributed by atoms with Crippen LogP contribution in [0.2, 0.25) is 5.02 Å². The average molecular weight is 297 g/mol. The molecule has 110 valence electrons. The molecule has 0 amide bonds. The lowest BCUT2D eigenvalue weighted by Crippen LogP contribution is -2.12. The third-order valence-corrected chi connectivity index (χ3v) is 3.90. The van der Waals surface area contributed by atoms with E-state index in [1.165, 1.54) is 0 Å². The zero-order valence-electron chi connectivity index (χ0n) is 12.4. The number of hydrogen-bond acceptors (Lipinski definition) is 3. The molecule has 20 heavy (non-hydrogen) atoms. The van der Waals surface area contributed by atoms with Gasteiger partial charge in [-0.25, -0.2) is 0 Å². The zero-order chi connectivity index (χ0) is 14.9. The Hall–Kier alpha value is -1.33. The van der Waals surface area contributed by atoms with Gasteiger partial charge in [0.25, 0.3) is 0 Å². The molecule has 0 aliphatic rings. The molecular weight excluding hydrogens is 276 g/mol. The van der Waals surface area contributed by atoms with E-state index in [2.05, 4.69) is 10.2 Å². The summed E-state index contributed by atoms with van der Waals surface area (Å²) in [5.41, 5.74) is 3.46. The average Bonchev–Trinajstić information content (AvgIpc) is 2.93. The van der Waals surface area contributed by atoms with Gasteiger partial charge in [0.2, 0.25) is 0 Å². The maximum absolute atomic E-state index is 10.5. The second kappa shape index (κ2) is 5.97. The van der Waals surface area contributed by atoms with Gasteiger partial charge in [-0.1, -0.05) is 18.5 Å². The maximum Gasteiger partial charge on any atom is 0.101 e. The van der Waals surface area contributed by atoms with Crippen LogP contribution >= 0.6 is 11.6 Å². The highest BCUT2D eigenvalue weighted by molar-refractivity contribution is 6.31. The Morgan fingerprint density at radius 3 is 2.60 bits per heavy atom. The first-order valence-corrected chi connectivity index (χ1v) is 7.28. The van der Waals surface area contributed by atoms with E-state index in [1.54, 1.807) is 4.68 Å². The summed E-state index contributed by atoms with van der Waals surface area (Å²) in [6.07, 6.45) is 0.594. The Labute approximate surface area is 124 Å². The van der Waals surface area contributed by atoms with Gasteiger partial charge in [0.15, 0.2) is 0 Å². The van der Waals surface area contributed by atoms with Crippen molar-refractivity contribution in [1.29, 1.82) is 0 Å². The molecule has 2 rings (SSSR count). The summed E-state index contributed by atoms with van der Waals surface area (Å²) in [4.78, 5) is 0. The predicted molar refractivity (Wildman–Crippen MR) is 78.9 cm³/mol. The van der Waals surface area contributed by atoms with Gasteiger partial charge in [-0.05, 0) is 26.3 Å². The number of aliphatic hydroxyl groups excluding tert-OH is 1. The summed E-state index contributed by atoms with van der Waals surface area (Å²) >= 11 is 6.32. The van der Waals surface area contributed by atoms with Crippen LogP contribution in [0, 0.1) is 6.92 Å². The minimum Gasteiger partial charge on any atom is -0.386 e. The molecule has 1 atom stereocenters. The Morgan fingerprint density at radius 1 is 1.35 bits per heavy atom. The molecule has 6 heteroatoms. The molecule has 0 aliphatic carbocycles. The fraction of sp³-hybridized carbons (Fsp3) is 0.571. The van der Waals surface area contributed by atoms with Crippen molar-refractivity contribution in [3.8, 4) is 0 Å². The fourth-order valence-corrected chi connectivity index (χ4v) is 2.79. The van der Waals surface area contributed by atoms with Gasteiger partial charge in [-0.3, -0.25) is 9.36 Å². The van der Waals surface area contributed by atoms with E-state index in [9.17, 15) is 5.11 Å². The molecule has 0 saturated carbocycles. The van der Waals surface area contributed by atoms with E-state index < -0.39 is 6.10 Å². The smallest absolute Gasteiger partial charge is 0.101 e. The monoisotopic (exact) mass is 296 g/mol. The molecule has 5 nitrogen and oxygen atoms in total. The highest BCUT2D eigenvalue weighted by Gasteiger charge is 2.20. The Kier molecular flexibility index (Phi) is 4.50. The van der Waals surface area contributed by atoms with Crippen molar-refractivity contribution in [3.05, 3.63) is 33.9 Å². The fourth-order valence-electron chi connectivity index (χ4n) is 2.42. The molecule has 0 radical (unpaired) electrons. The Bertz CT molecular complexity index is 603. The quantitative estimate of drug-likeness (QED) is 0.922. The molecule has 1 unspecified atom stereocenters. The van der Waals surface area contributed by atoms with E-state index in [0.29, 0.717) is 11.4 Å².